The van der Waals surface area contributed by atoms with E-state index in [0.29, 0.717) is 34.6 Å². The highest BCUT2D eigenvalue weighted by molar-refractivity contribution is 7.90. The Balaban J connectivity index is 2.15. The molecule has 0 spiro atoms. The quantitative estimate of drug-likeness (QED) is 0.472. The molecule has 2 aromatic rings. The number of ether oxygens (including phenoxy) is 2. The van der Waals surface area contributed by atoms with Crippen molar-refractivity contribution in [1.29, 1.82) is 0 Å². The van der Waals surface area contributed by atoms with Crippen LogP contribution in [0.3, 0.4) is 0 Å². The van der Waals surface area contributed by atoms with E-state index in [1.807, 2.05) is 20.8 Å². The number of rotatable bonds is 9. The molecule has 32 heavy (non-hydrogen) atoms. The maximum Gasteiger partial charge on any atom is 0.246 e. The minimum atomic E-state index is -3.26. The molecule has 8 heteroatoms. The molecule has 2 aromatic carbocycles. The van der Waals surface area contributed by atoms with Crippen LogP contribution in [0.25, 0.3) is 6.08 Å². The van der Waals surface area contributed by atoms with E-state index < -0.39 is 9.84 Å². The van der Waals surface area contributed by atoms with Crippen molar-refractivity contribution in [3.8, 4) is 11.5 Å². The van der Waals surface area contributed by atoms with E-state index in [2.05, 4.69) is 0 Å². The van der Waals surface area contributed by atoms with Crippen molar-refractivity contribution in [3.63, 3.8) is 0 Å². The van der Waals surface area contributed by atoms with Gasteiger partial charge in [0.25, 0.3) is 0 Å². The first-order chi connectivity index (χ1) is 14.9. The average Bonchev–Trinajstić information content (AvgIpc) is 2.74. The van der Waals surface area contributed by atoms with E-state index in [4.69, 9.17) is 21.1 Å². The van der Waals surface area contributed by atoms with Crippen LogP contribution in [-0.2, 0) is 14.6 Å². The summed E-state index contributed by atoms with van der Waals surface area (Å²) in [5.74, 6) is 1.11. The van der Waals surface area contributed by atoms with E-state index in [1.54, 1.807) is 54.4 Å². The first kappa shape index (κ1) is 25.7. The predicted octanol–water partition coefficient (Wildman–Crippen LogP) is 5.02. The molecule has 6 nitrogen and oxygen atoms in total. The fourth-order valence-electron chi connectivity index (χ4n) is 2.92. The van der Waals surface area contributed by atoms with Gasteiger partial charge in [-0.25, -0.2) is 8.42 Å². The van der Waals surface area contributed by atoms with Crippen molar-refractivity contribution in [3.05, 3.63) is 58.6 Å². The third-order valence-corrected chi connectivity index (χ3v) is 6.36. The molecule has 0 saturated carbocycles. The molecular weight excluding hydrogens is 450 g/mol. The second kappa shape index (κ2) is 10.9. The zero-order chi connectivity index (χ0) is 24.1. The molecule has 0 saturated heterocycles. The van der Waals surface area contributed by atoms with Gasteiger partial charge in [0.1, 0.15) is 0 Å². The molecule has 1 unspecified atom stereocenters. The van der Waals surface area contributed by atoms with Crippen molar-refractivity contribution < 1.29 is 22.7 Å². The molecule has 0 radical (unpaired) electrons. The van der Waals surface area contributed by atoms with Crippen molar-refractivity contribution in [2.45, 2.75) is 31.7 Å². The van der Waals surface area contributed by atoms with Gasteiger partial charge < -0.3 is 14.4 Å². The Hall–Kier alpha value is -2.51. The standard InChI is InChI=1S/C24H30ClNO5S/c1-16(2)15-31-24-21(25)13-18(14-22(24)30-5)7-12-23(27)26(4)17(3)19-8-10-20(11-9-19)32(6,28)29/h7-14,16-17H,15H2,1-6H3. The minimum Gasteiger partial charge on any atom is -0.493 e. The van der Waals surface area contributed by atoms with Gasteiger partial charge in [-0.3, -0.25) is 4.79 Å². The second-order valence-electron chi connectivity index (χ2n) is 8.04. The number of methoxy groups -OCH3 is 1. The monoisotopic (exact) mass is 479 g/mol. The highest BCUT2D eigenvalue weighted by atomic mass is 35.5. The Labute approximate surface area is 195 Å². The molecule has 174 valence electrons. The third kappa shape index (κ3) is 6.74. The minimum absolute atomic E-state index is 0.208. The smallest absolute Gasteiger partial charge is 0.246 e. The van der Waals surface area contributed by atoms with Crippen molar-refractivity contribution in [2.75, 3.05) is 27.0 Å². The molecule has 0 aliphatic rings. The number of nitrogens with zero attached hydrogens (tertiary/aromatic N) is 1. The fourth-order valence-corrected chi connectivity index (χ4v) is 3.82. The van der Waals surface area contributed by atoms with Gasteiger partial charge in [0.2, 0.25) is 5.91 Å². The number of hydrogen-bond donors (Lipinski definition) is 0. The van der Waals surface area contributed by atoms with Gasteiger partial charge in [-0.15, -0.1) is 0 Å². The highest BCUT2D eigenvalue weighted by Gasteiger charge is 2.17. The van der Waals surface area contributed by atoms with Crippen molar-refractivity contribution >= 4 is 33.4 Å². The number of hydrogen-bond acceptors (Lipinski definition) is 5. The van der Waals surface area contributed by atoms with Crippen LogP contribution in [-0.4, -0.2) is 46.2 Å². The van der Waals surface area contributed by atoms with Crippen molar-refractivity contribution in [1.82, 2.24) is 4.90 Å². The Kier molecular flexibility index (Phi) is 8.75. The number of carbonyl (C=O) groups is 1. The van der Waals surface area contributed by atoms with Gasteiger partial charge in [0, 0.05) is 19.4 Å². The van der Waals surface area contributed by atoms with Gasteiger partial charge in [0.15, 0.2) is 21.3 Å². The molecule has 1 atom stereocenters. The van der Waals surface area contributed by atoms with Gasteiger partial charge >= 0.3 is 0 Å². The van der Waals surface area contributed by atoms with Gasteiger partial charge in [0.05, 0.1) is 29.7 Å². The van der Waals surface area contributed by atoms with E-state index in [9.17, 15) is 13.2 Å². The molecule has 0 N–H and O–H groups in total. The van der Waals surface area contributed by atoms with Crippen LogP contribution in [0.5, 0.6) is 11.5 Å². The van der Waals surface area contributed by atoms with Gasteiger partial charge in [-0.2, -0.15) is 0 Å². The lowest BCUT2D eigenvalue weighted by Gasteiger charge is -2.24. The summed E-state index contributed by atoms with van der Waals surface area (Å²) in [6, 6.07) is 9.77. The Bertz CT molecular complexity index is 1080. The zero-order valence-electron chi connectivity index (χ0n) is 19.3. The maximum absolute atomic E-state index is 12.7. The normalized spacial score (nSPS) is 12.8. The molecule has 0 aromatic heterocycles. The highest BCUT2D eigenvalue weighted by Crippen LogP contribution is 2.37. The van der Waals surface area contributed by atoms with Gasteiger partial charge in [-0.05, 0) is 54.3 Å². The van der Waals surface area contributed by atoms with Crippen LogP contribution in [0.2, 0.25) is 5.02 Å². The zero-order valence-corrected chi connectivity index (χ0v) is 20.8. The first-order valence-electron chi connectivity index (χ1n) is 10.2. The molecule has 2 rings (SSSR count). The third-order valence-electron chi connectivity index (χ3n) is 4.95. The number of halogens is 1. The number of amides is 1. The summed E-state index contributed by atoms with van der Waals surface area (Å²) in [4.78, 5) is 14.5. The van der Waals surface area contributed by atoms with Crippen LogP contribution in [0.4, 0.5) is 0 Å². The molecule has 0 aliphatic heterocycles. The first-order valence-corrected chi connectivity index (χ1v) is 12.5. The van der Waals surface area contributed by atoms with Gasteiger partial charge in [-0.1, -0.05) is 37.6 Å². The summed E-state index contributed by atoms with van der Waals surface area (Å²) in [5.41, 5.74) is 1.54. The number of carbonyl (C=O) groups excluding carboxylic acids is 1. The lowest BCUT2D eigenvalue weighted by molar-refractivity contribution is -0.126. The van der Waals surface area contributed by atoms with Crippen LogP contribution < -0.4 is 9.47 Å². The average molecular weight is 480 g/mol. The van der Waals surface area contributed by atoms with Crippen LogP contribution in [0, 0.1) is 5.92 Å². The second-order valence-corrected chi connectivity index (χ2v) is 10.5. The number of benzene rings is 2. The molecular formula is C24H30ClNO5S. The number of likely N-dealkylation sites (N-methyl/N-ethyl adjacent to an activating group) is 1. The van der Waals surface area contributed by atoms with E-state index >= 15 is 0 Å². The summed E-state index contributed by atoms with van der Waals surface area (Å²) in [6.45, 7) is 6.47. The van der Waals surface area contributed by atoms with Crippen molar-refractivity contribution in [2.24, 2.45) is 5.92 Å². The van der Waals surface area contributed by atoms with Crippen LogP contribution in [0.1, 0.15) is 37.9 Å². The summed E-state index contributed by atoms with van der Waals surface area (Å²) >= 11 is 6.37. The van der Waals surface area contributed by atoms with E-state index in [0.717, 1.165) is 11.8 Å². The lowest BCUT2D eigenvalue weighted by Crippen LogP contribution is -2.28. The molecule has 1 amide bonds. The van der Waals surface area contributed by atoms with E-state index in [-0.39, 0.29) is 16.8 Å². The molecule has 0 aliphatic carbocycles. The molecule has 0 heterocycles. The Morgan fingerprint density at radius 3 is 2.31 bits per heavy atom. The summed E-state index contributed by atoms with van der Waals surface area (Å²) < 4.78 is 34.4. The number of sulfone groups is 1. The molecule has 0 bridgehead atoms. The summed E-state index contributed by atoms with van der Waals surface area (Å²) in [6.07, 6.45) is 4.29. The summed E-state index contributed by atoms with van der Waals surface area (Å²) in [7, 11) is -0.0319. The topological polar surface area (TPSA) is 72.9 Å². The molecule has 0 fully saturated rings. The Morgan fingerprint density at radius 2 is 1.78 bits per heavy atom. The fraction of sp³-hybridized carbons (Fsp3) is 0.375. The predicted molar refractivity (Wildman–Crippen MR) is 128 cm³/mol. The largest absolute Gasteiger partial charge is 0.493 e. The lowest BCUT2D eigenvalue weighted by atomic mass is 10.1. The van der Waals surface area contributed by atoms with Crippen LogP contribution >= 0.6 is 11.6 Å². The SMILES string of the molecule is COc1cc(C=CC(=O)N(C)C(C)c2ccc(S(C)(=O)=O)cc2)cc(Cl)c1OCC(C)C. The van der Waals surface area contributed by atoms with E-state index in [1.165, 1.54) is 13.2 Å². The summed E-state index contributed by atoms with van der Waals surface area (Å²) in [5, 5.41) is 0.407. The Morgan fingerprint density at radius 1 is 1.16 bits per heavy atom. The van der Waals surface area contributed by atoms with Crippen LogP contribution in [0.15, 0.2) is 47.4 Å². The maximum atomic E-state index is 12.7.